The van der Waals surface area contributed by atoms with Gasteiger partial charge in [0.1, 0.15) is 6.10 Å². The molecule has 1 spiro atoms. The van der Waals surface area contributed by atoms with Crippen LogP contribution in [0.2, 0.25) is 0 Å². The number of esters is 2. The predicted molar refractivity (Wildman–Crippen MR) is 74.7 cm³/mol. The van der Waals surface area contributed by atoms with Crippen molar-refractivity contribution >= 4 is 35.0 Å². The van der Waals surface area contributed by atoms with Gasteiger partial charge in [0.25, 0.3) is 0 Å². The van der Waals surface area contributed by atoms with Crippen molar-refractivity contribution in [2.75, 3.05) is 0 Å². The fraction of sp³-hybridized carbons (Fsp3) is 0.667. The van der Waals surface area contributed by atoms with E-state index < -0.39 is 23.0 Å². The lowest BCUT2D eigenvalue weighted by Gasteiger charge is -2.22. The topological polar surface area (TPSA) is 103 Å². The Labute approximate surface area is 121 Å². The molecule has 2 rings (SSSR count). The van der Waals surface area contributed by atoms with Crippen LogP contribution in [0.3, 0.4) is 0 Å². The molecule has 0 saturated carbocycles. The van der Waals surface area contributed by atoms with Gasteiger partial charge in [0.05, 0.1) is 5.71 Å². The lowest BCUT2D eigenvalue weighted by molar-refractivity contribution is -0.158. The summed E-state index contributed by atoms with van der Waals surface area (Å²) in [5, 5.41) is 4.00. The minimum Gasteiger partial charge on any atom is -0.462 e. The van der Waals surface area contributed by atoms with Crippen molar-refractivity contribution in [3.8, 4) is 0 Å². The van der Waals surface area contributed by atoms with Gasteiger partial charge in [-0.15, -0.1) is 0 Å². The number of ether oxygens (including phenoxy) is 2. The minimum atomic E-state index is -1.21. The predicted octanol–water partition coefficient (Wildman–Crippen LogP) is 0.223. The number of hydrogen-bond acceptors (Lipinski definition) is 6. The van der Waals surface area contributed by atoms with Gasteiger partial charge in [0.2, 0.25) is 0 Å². The van der Waals surface area contributed by atoms with E-state index in [0.29, 0.717) is 12.1 Å². The van der Waals surface area contributed by atoms with E-state index in [1.165, 1.54) is 0 Å². The molecule has 2 aliphatic rings. The average molecular weight is 299 g/mol. The first-order chi connectivity index (χ1) is 9.19. The lowest BCUT2D eigenvalue weighted by Crippen LogP contribution is -2.37. The largest absolute Gasteiger partial charge is 0.462 e. The fourth-order valence-electron chi connectivity index (χ4n) is 2.67. The number of carbonyl (C=O) groups excluding carboxylic acids is 2. The summed E-state index contributed by atoms with van der Waals surface area (Å²) in [5.41, 5.74) is 6.05. The molecule has 2 fully saturated rings. The van der Waals surface area contributed by atoms with Crippen LogP contribution in [0.25, 0.3) is 0 Å². The van der Waals surface area contributed by atoms with Gasteiger partial charge in [0, 0.05) is 12.8 Å². The summed E-state index contributed by atoms with van der Waals surface area (Å²) in [6.45, 7) is 5.14. The first-order valence-corrected chi connectivity index (χ1v) is 6.65. The van der Waals surface area contributed by atoms with Crippen LogP contribution >= 0.6 is 12.2 Å². The van der Waals surface area contributed by atoms with E-state index in [1.807, 2.05) is 0 Å². The number of hydrazone groups is 1. The zero-order valence-electron chi connectivity index (χ0n) is 11.6. The molecule has 2 saturated heterocycles. The van der Waals surface area contributed by atoms with Crippen molar-refractivity contribution < 1.29 is 19.1 Å². The number of rotatable bonds is 2. The minimum absolute atomic E-state index is 0.0147. The monoisotopic (exact) mass is 299 g/mol. The molecule has 0 aliphatic carbocycles. The van der Waals surface area contributed by atoms with Crippen LogP contribution in [-0.2, 0) is 19.1 Å². The molecule has 0 aromatic rings. The number of hydrogen-bond donors (Lipinski definition) is 2. The van der Waals surface area contributed by atoms with Crippen LogP contribution in [-0.4, -0.2) is 34.5 Å². The van der Waals surface area contributed by atoms with E-state index in [9.17, 15) is 9.59 Å². The number of nitrogens with zero attached hydrogens (tertiary/aromatic N) is 1. The molecule has 8 heteroatoms. The highest BCUT2D eigenvalue weighted by Crippen LogP contribution is 2.49. The molecule has 0 bridgehead atoms. The van der Waals surface area contributed by atoms with Crippen LogP contribution < -0.4 is 11.2 Å². The Kier molecular flexibility index (Phi) is 3.45. The van der Waals surface area contributed by atoms with Crippen LogP contribution in [0.5, 0.6) is 0 Å². The molecule has 20 heavy (non-hydrogen) atoms. The molecule has 3 atom stereocenters. The summed E-state index contributed by atoms with van der Waals surface area (Å²) in [5.74, 6) is -1.08. The fourth-order valence-corrected chi connectivity index (χ4v) is 2.71. The number of nitrogens with one attached hydrogen (secondary N) is 1. The van der Waals surface area contributed by atoms with Crippen LogP contribution in [0.4, 0.5) is 0 Å². The molecule has 0 unspecified atom stereocenters. The Morgan fingerprint density at radius 2 is 2.15 bits per heavy atom. The van der Waals surface area contributed by atoms with E-state index in [4.69, 9.17) is 15.2 Å². The number of thiocarbonyl (C=S) groups is 1. The van der Waals surface area contributed by atoms with Gasteiger partial charge in [-0.1, -0.05) is 0 Å². The first kappa shape index (κ1) is 14.7. The number of carbonyl (C=O) groups is 2. The Bertz CT molecular complexity index is 521. The number of cyclic esters (lactones) is 2. The molecule has 0 aromatic heterocycles. The van der Waals surface area contributed by atoms with Crippen molar-refractivity contribution in [1.82, 2.24) is 5.43 Å². The molecular formula is C12H17N3O4S. The maximum atomic E-state index is 12.2. The van der Waals surface area contributed by atoms with Gasteiger partial charge in [-0.3, -0.25) is 15.0 Å². The zero-order valence-corrected chi connectivity index (χ0v) is 12.4. The molecular weight excluding hydrogens is 282 g/mol. The molecule has 3 N–H and O–H groups in total. The Hall–Kier alpha value is -1.70. The van der Waals surface area contributed by atoms with Gasteiger partial charge in [0.15, 0.2) is 16.1 Å². The summed E-state index contributed by atoms with van der Waals surface area (Å²) >= 11 is 4.66. The molecule has 2 aliphatic heterocycles. The van der Waals surface area contributed by atoms with Gasteiger partial charge in [-0.05, 0) is 33.0 Å². The van der Waals surface area contributed by atoms with Gasteiger partial charge in [-0.2, -0.15) is 5.10 Å². The maximum absolute atomic E-state index is 12.2. The Morgan fingerprint density at radius 3 is 2.65 bits per heavy atom. The third-order valence-electron chi connectivity index (χ3n) is 3.78. The summed E-state index contributed by atoms with van der Waals surface area (Å²) in [7, 11) is 0. The highest BCUT2D eigenvalue weighted by molar-refractivity contribution is 7.80. The maximum Gasteiger partial charge on any atom is 0.324 e. The molecule has 7 nitrogen and oxygen atoms in total. The highest BCUT2D eigenvalue weighted by Gasteiger charge is 2.64. The first-order valence-electron chi connectivity index (χ1n) is 6.24. The van der Waals surface area contributed by atoms with Gasteiger partial charge in [-0.25, -0.2) is 0 Å². The molecule has 110 valence electrons. The zero-order chi connectivity index (χ0) is 15.1. The molecule has 0 radical (unpaired) electrons. The summed E-state index contributed by atoms with van der Waals surface area (Å²) in [6, 6.07) is 0. The number of nitrogens with two attached hydrogens (primary N) is 1. The molecule has 0 amide bonds. The quantitative estimate of drug-likeness (QED) is 0.247. The second-order valence-corrected chi connectivity index (χ2v) is 5.91. The van der Waals surface area contributed by atoms with Crippen LogP contribution in [0.1, 0.15) is 33.6 Å². The van der Waals surface area contributed by atoms with Crippen LogP contribution in [0, 0.1) is 5.41 Å². The van der Waals surface area contributed by atoms with E-state index in [2.05, 4.69) is 22.7 Å². The van der Waals surface area contributed by atoms with E-state index in [-0.39, 0.29) is 17.6 Å². The van der Waals surface area contributed by atoms with Crippen molar-refractivity contribution in [2.45, 2.75) is 45.3 Å². The summed E-state index contributed by atoms with van der Waals surface area (Å²) in [4.78, 5) is 24.1. The van der Waals surface area contributed by atoms with Crippen LogP contribution in [0.15, 0.2) is 5.10 Å². The SMILES string of the molecule is C/C(=N/NC(N)=S)[C@]1(C)C[C@@]2(C[C@@H](C)OC2=O)C(=O)O1. The summed E-state index contributed by atoms with van der Waals surface area (Å²) < 4.78 is 10.5. The van der Waals surface area contributed by atoms with Crippen molar-refractivity contribution in [1.29, 1.82) is 0 Å². The second kappa shape index (κ2) is 4.69. The van der Waals surface area contributed by atoms with Crippen molar-refractivity contribution in [3.05, 3.63) is 0 Å². The lowest BCUT2D eigenvalue weighted by atomic mass is 9.77. The van der Waals surface area contributed by atoms with E-state index >= 15 is 0 Å². The van der Waals surface area contributed by atoms with Gasteiger partial charge >= 0.3 is 11.9 Å². The Balaban J connectivity index is 2.25. The van der Waals surface area contributed by atoms with E-state index in [1.54, 1.807) is 20.8 Å². The second-order valence-electron chi connectivity index (χ2n) is 5.47. The smallest absolute Gasteiger partial charge is 0.324 e. The third kappa shape index (κ3) is 2.24. The van der Waals surface area contributed by atoms with Crippen molar-refractivity contribution in [3.63, 3.8) is 0 Å². The standard InChI is InChI=1S/C12H17N3O4S/c1-6-4-12(8(16)18-6)5-11(3,19-9(12)17)7(2)14-15-10(13)20/h6H,4-5H2,1-3H3,(H3,13,15,20)/b14-7-/t6-,11+,12-/m1/s1. The third-order valence-corrected chi connectivity index (χ3v) is 3.87. The normalized spacial score (nSPS) is 37.0. The van der Waals surface area contributed by atoms with Gasteiger partial charge < -0.3 is 15.2 Å². The molecule has 0 aromatic carbocycles. The summed E-state index contributed by atoms with van der Waals surface area (Å²) in [6.07, 6.45) is 0.247. The average Bonchev–Trinajstić information content (AvgIpc) is 2.75. The highest BCUT2D eigenvalue weighted by atomic mass is 32.1. The Morgan fingerprint density at radius 1 is 1.50 bits per heavy atom. The van der Waals surface area contributed by atoms with Crippen molar-refractivity contribution in [2.24, 2.45) is 16.3 Å². The molecule has 2 heterocycles. The van der Waals surface area contributed by atoms with E-state index in [0.717, 1.165) is 0 Å².